The van der Waals surface area contributed by atoms with Crippen molar-refractivity contribution < 1.29 is 13.9 Å². The molecule has 2 rings (SSSR count). The van der Waals surface area contributed by atoms with E-state index in [1.54, 1.807) is 0 Å². The number of carbonyl (C=O) groups excluding carboxylic acids is 1. The van der Waals surface area contributed by atoms with E-state index in [0.29, 0.717) is 18.7 Å². The number of ether oxygens (including phenoxy) is 1. The average molecular weight is 266 g/mol. The zero-order chi connectivity index (χ0) is 12.8. The molecule has 0 aliphatic rings. The molecule has 4 nitrogen and oxygen atoms in total. The van der Waals surface area contributed by atoms with Crippen molar-refractivity contribution in [2.24, 2.45) is 0 Å². The molecule has 1 aromatic carbocycles. The number of amides is 1. The molecular weight excluding hydrogens is 254 g/mol. The Morgan fingerprint density at radius 1 is 1.28 bits per heavy atom. The van der Waals surface area contributed by atoms with Crippen LogP contribution in [0, 0.1) is 0 Å². The van der Waals surface area contributed by atoms with Crippen molar-refractivity contribution in [2.45, 2.75) is 0 Å². The summed E-state index contributed by atoms with van der Waals surface area (Å²) in [4.78, 5) is 11.6. The van der Waals surface area contributed by atoms with E-state index < -0.39 is 0 Å². The third kappa shape index (κ3) is 3.28. The lowest BCUT2D eigenvalue weighted by Gasteiger charge is -2.06. The van der Waals surface area contributed by atoms with Crippen LogP contribution in [0.4, 0.5) is 0 Å². The van der Waals surface area contributed by atoms with Crippen LogP contribution in [-0.2, 0) is 0 Å². The summed E-state index contributed by atoms with van der Waals surface area (Å²) in [6, 6.07) is 10.9. The Morgan fingerprint density at radius 3 is 2.72 bits per heavy atom. The summed E-state index contributed by atoms with van der Waals surface area (Å²) in [5.41, 5.74) is 0.330. The molecule has 0 saturated heterocycles. The minimum absolute atomic E-state index is 0.0940. The van der Waals surface area contributed by atoms with Crippen molar-refractivity contribution in [3.05, 3.63) is 53.4 Å². The van der Waals surface area contributed by atoms with Crippen molar-refractivity contribution >= 4 is 17.5 Å². The quantitative estimate of drug-likeness (QED) is 0.846. The molecule has 0 radical (unpaired) electrons. The van der Waals surface area contributed by atoms with Gasteiger partial charge in [-0.15, -0.1) is 0 Å². The first-order valence-electron chi connectivity index (χ1n) is 5.46. The fraction of sp³-hybridized carbons (Fsp3) is 0.154. The first-order valence-corrected chi connectivity index (χ1v) is 5.84. The molecule has 18 heavy (non-hydrogen) atoms. The molecule has 0 atom stereocenters. The SMILES string of the molecule is O=C(NCCOc1ccccc1)c1ccoc1Cl. The van der Waals surface area contributed by atoms with E-state index in [-0.39, 0.29) is 11.1 Å². The lowest BCUT2D eigenvalue weighted by Crippen LogP contribution is -2.27. The maximum atomic E-state index is 11.6. The molecule has 0 aliphatic carbocycles. The van der Waals surface area contributed by atoms with Gasteiger partial charge in [0.25, 0.3) is 5.91 Å². The van der Waals surface area contributed by atoms with Gasteiger partial charge in [0.05, 0.1) is 18.4 Å². The van der Waals surface area contributed by atoms with Crippen LogP contribution in [0.1, 0.15) is 10.4 Å². The van der Waals surface area contributed by atoms with Crippen LogP contribution < -0.4 is 10.1 Å². The number of hydrogen-bond donors (Lipinski definition) is 1. The predicted molar refractivity (Wildman–Crippen MR) is 68.0 cm³/mol. The van der Waals surface area contributed by atoms with Gasteiger partial charge in [-0.1, -0.05) is 18.2 Å². The van der Waals surface area contributed by atoms with Crippen molar-refractivity contribution in [2.75, 3.05) is 13.2 Å². The number of rotatable bonds is 5. The van der Waals surface area contributed by atoms with Crippen LogP contribution in [0.2, 0.25) is 5.22 Å². The van der Waals surface area contributed by atoms with Gasteiger partial charge in [-0.05, 0) is 29.8 Å². The Hall–Kier alpha value is -1.94. The van der Waals surface area contributed by atoms with E-state index in [4.69, 9.17) is 20.8 Å². The highest BCUT2D eigenvalue weighted by atomic mass is 35.5. The third-order valence-electron chi connectivity index (χ3n) is 2.26. The Morgan fingerprint density at radius 2 is 2.06 bits per heavy atom. The Balaban J connectivity index is 1.73. The zero-order valence-electron chi connectivity index (χ0n) is 9.56. The first kappa shape index (κ1) is 12.5. The van der Waals surface area contributed by atoms with E-state index >= 15 is 0 Å². The fourth-order valence-corrected chi connectivity index (χ4v) is 1.60. The molecule has 0 saturated carbocycles. The molecule has 94 valence electrons. The van der Waals surface area contributed by atoms with E-state index in [2.05, 4.69) is 5.32 Å². The predicted octanol–water partition coefficient (Wildman–Crippen LogP) is 2.74. The molecule has 0 aliphatic heterocycles. The molecule has 0 unspecified atom stereocenters. The molecule has 5 heteroatoms. The minimum Gasteiger partial charge on any atom is -0.492 e. The molecular formula is C13H12ClNO3. The summed E-state index contributed by atoms with van der Waals surface area (Å²) in [6.45, 7) is 0.792. The van der Waals surface area contributed by atoms with Crippen molar-refractivity contribution in [3.8, 4) is 5.75 Å². The lowest BCUT2D eigenvalue weighted by atomic mass is 10.3. The van der Waals surface area contributed by atoms with E-state index in [0.717, 1.165) is 5.75 Å². The Bertz CT molecular complexity index is 510. The fourth-order valence-electron chi connectivity index (χ4n) is 1.40. The van der Waals surface area contributed by atoms with Gasteiger partial charge >= 0.3 is 0 Å². The molecule has 0 fully saturated rings. The highest BCUT2D eigenvalue weighted by molar-refractivity contribution is 6.32. The third-order valence-corrected chi connectivity index (χ3v) is 2.55. The zero-order valence-corrected chi connectivity index (χ0v) is 10.3. The van der Waals surface area contributed by atoms with Crippen LogP contribution in [0.5, 0.6) is 5.75 Å². The summed E-state index contributed by atoms with van der Waals surface area (Å²) in [6.07, 6.45) is 1.37. The summed E-state index contributed by atoms with van der Waals surface area (Å²) < 4.78 is 10.3. The van der Waals surface area contributed by atoms with Crippen molar-refractivity contribution in [3.63, 3.8) is 0 Å². The summed E-state index contributed by atoms with van der Waals surface area (Å²) in [5.74, 6) is 0.499. The van der Waals surface area contributed by atoms with Crippen LogP contribution in [-0.4, -0.2) is 19.1 Å². The number of furan rings is 1. The molecule has 1 N–H and O–H groups in total. The standard InChI is InChI=1S/C13H12ClNO3/c14-12-11(6-8-18-12)13(16)15-7-9-17-10-4-2-1-3-5-10/h1-6,8H,7,9H2,(H,15,16). The van der Waals surface area contributed by atoms with Gasteiger partial charge < -0.3 is 14.5 Å². The van der Waals surface area contributed by atoms with Gasteiger partial charge in [-0.25, -0.2) is 0 Å². The Labute approximate surface area is 110 Å². The maximum Gasteiger partial charge on any atom is 0.256 e. The van der Waals surface area contributed by atoms with E-state index in [1.165, 1.54) is 12.3 Å². The second-order valence-corrected chi connectivity index (χ2v) is 3.87. The molecule has 0 bridgehead atoms. The van der Waals surface area contributed by atoms with Gasteiger partial charge in [0.15, 0.2) is 0 Å². The van der Waals surface area contributed by atoms with Gasteiger partial charge in [-0.2, -0.15) is 0 Å². The number of benzene rings is 1. The molecule has 1 heterocycles. The number of nitrogens with one attached hydrogen (secondary N) is 1. The summed E-state index contributed by atoms with van der Waals surface area (Å²) in [5, 5.41) is 2.78. The normalized spacial score (nSPS) is 10.1. The highest BCUT2D eigenvalue weighted by Gasteiger charge is 2.11. The summed E-state index contributed by atoms with van der Waals surface area (Å²) >= 11 is 5.68. The topological polar surface area (TPSA) is 51.5 Å². The van der Waals surface area contributed by atoms with Crippen LogP contribution in [0.15, 0.2) is 47.1 Å². The number of hydrogen-bond acceptors (Lipinski definition) is 3. The van der Waals surface area contributed by atoms with Crippen LogP contribution in [0.25, 0.3) is 0 Å². The molecule has 2 aromatic rings. The van der Waals surface area contributed by atoms with Gasteiger partial charge in [0.2, 0.25) is 5.22 Å². The lowest BCUT2D eigenvalue weighted by molar-refractivity contribution is 0.0946. The van der Waals surface area contributed by atoms with Gasteiger partial charge in [0.1, 0.15) is 12.4 Å². The van der Waals surface area contributed by atoms with Crippen LogP contribution in [0.3, 0.4) is 0 Å². The molecule has 1 amide bonds. The second-order valence-electron chi connectivity index (χ2n) is 3.53. The van der Waals surface area contributed by atoms with E-state index in [9.17, 15) is 4.79 Å². The van der Waals surface area contributed by atoms with Gasteiger partial charge in [0, 0.05) is 0 Å². The second kappa shape index (κ2) is 6.12. The van der Waals surface area contributed by atoms with E-state index in [1.807, 2.05) is 30.3 Å². The van der Waals surface area contributed by atoms with Crippen LogP contribution >= 0.6 is 11.6 Å². The molecule has 1 aromatic heterocycles. The monoisotopic (exact) mass is 265 g/mol. The molecule has 0 spiro atoms. The number of para-hydroxylation sites is 1. The first-order chi connectivity index (χ1) is 8.77. The largest absolute Gasteiger partial charge is 0.492 e. The number of halogens is 1. The summed E-state index contributed by atoms with van der Waals surface area (Å²) in [7, 11) is 0. The van der Waals surface area contributed by atoms with Gasteiger partial charge in [-0.3, -0.25) is 4.79 Å². The number of carbonyl (C=O) groups is 1. The average Bonchev–Trinajstić information content (AvgIpc) is 2.82. The minimum atomic E-state index is -0.273. The maximum absolute atomic E-state index is 11.6. The van der Waals surface area contributed by atoms with Crippen molar-refractivity contribution in [1.29, 1.82) is 0 Å². The smallest absolute Gasteiger partial charge is 0.256 e. The Kier molecular flexibility index (Phi) is 4.25. The van der Waals surface area contributed by atoms with Crippen molar-refractivity contribution in [1.82, 2.24) is 5.32 Å². The highest BCUT2D eigenvalue weighted by Crippen LogP contribution is 2.16.